The minimum Gasteiger partial charge on any atom is -0.395 e. The molecule has 2 N–H and O–H groups in total. The summed E-state index contributed by atoms with van der Waals surface area (Å²) < 4.78 is 12.9. The largest absolute Gasteiger partial charge is 0.395 e. The Hall–Kier alpha value is -0.930. The van der Waals surface area contributed by atoms with E-state index in [1.54, 1.807) is 0 Å². The molecule has 1 aromatic carbocycles. The standard InChI is InChI=1S/C14H20FNO/c1-2-13(9-17)16-14(10-3-4-10)11-5-7-12(15)8-6-11/h5-8,10,13-14,16-17H,2-4,9H2,1H3. The summed E-state index contributed by atoms with van der Waals surface area (Å²) in [4.78, 5) is 0. The first-order chi connectivity index (χ1) is 8.24. The highest BCUT2D eigenvalue weighted by Crippen LogP contribution is 2.41. The normalized spacial score (nSPS) is 19.0. The van der Waals surface area contributed by atoms with Crippen LogP contribution in [0.25, 0.3) is 0 Å². The van der Waals surface area contributed by atoms with Crippen molar-refractivity contribution in [2.45, 2.75) is 38.3 Å². The third-order valence-corrected chi connectivity index (χ3v) is 3.45. The fourth-order valence-electron chi connectivity index (χ4n) is 2.16. The van der Waals surface area contributed by atoms with Gasteiger partial charge in [-0.2, -0.15) is 0 Å². The number of nitrogens with one attached hydrogen (secondary N) is 1. The molecule has 94 valence electrons. The molecule has 0 radical (unpaired) electrons. The number of aliphatic hydroxyl groups is 1. The molecule has 2 nitrogen and oxygen atoms in total. The molecule has 0 heterocycles. The third kappa shape index (κ3) is 3.27. The summed E-state index contributed by atoms with van der Waals surface area (Å²) in [6, 6.07) is 7.09. The molecule has 0 bridgehead atoms. The fourth-order valence-corrected chi connectivity index (χ4v) is 2.16. The van der Waals surface area contributed by atoms with Crippen LogP contribution in [0.15, 0.2) is 24.3 Å². The number of rotatable bonds is 6. The quantitative estimate of drug-likeness (QED) is 0.797. The Kier molecular flexibility index (Phi) is 4.13. The minimum absolute atomic E-state index is 0.130. The minimum atomic E-state index is -0.197. The zero-order valence-corrected chi connectivity index (χ0v) is 10.2. The lowest BCUT2D eigenvalue weighted by atomic mass is 10.0. The van der Waals surface area contributed by atoms with Crippen molar-refractivity contribution < 1.29 is 9.50 Å². The number of benzene rings is 1. The van der Waals surface area contributed by atoms with E-state index in [1.807, 2.05) is 12.1 Å². The van der Waals surface area contributed by atoms with Crippen LogP contribution in [0.2, 0.25) is 0 Å². The van der Waals surface area contributed by atoms with E-state index < -0.39 is 0 Å². The molecule has 0 aliphatic heterocycles. The highest BCUT2D eigenvalue weighted by atomic mass is 19.1. The van der Waals surface area contributed by atoms with E-state index in [4.69, 9.17) is 0 Å². The Balaban J connectivity index is 2.08. The van der Waals surface area contributed by atoms with Gasteiger partial charge in [-0.3, -0.25) is 0 Å². The van der Waals surface area contributed by atoms with Gasteiger partial charge < -0.3 is 10.4 Å². The lowest BCUT2D eigenvalue weighted by molar-refractivity contribution is 0.223. The molecule has 3 heteroatoms. The predicted molar refractivity (Wildman–Crippen MR) is 66.2 cm³/mol. The maximum Gasteiger partial charge on any atom is 0.123 e. The molecule has 17 heavy (non-hydrogen) atoms. The zero-order valence-electron chi connectivity index (χ0n) is 10.2. The second-order valence-corrected chi connectivity index (χ2v) is 4.82. The fraction of sp³-hybridized carbons (Fsp3) is 0.571. The summed E-state index contributed by atoms with van der Waals surface area (Å²) in [7, 11) is 0. The highest BCUT2D eigenvalue weighted by molar-refractivity contribution is 5.22. The van der Waals surface area contributed by atoms with E-state index >= 15 is 0 Å². The van der Waals surface area contributed by atoms with Crippen molar-refractivity contribution in [2.24, 2.45) is 5.92 Å². The second kappa shape index (κ2) is 5.61. The Morgan fingerprint density at radius 3 is 2.47 bits per heavy atom. The summed E-state index contributed by atoms with van der Waals surface area (Å²) in [6.07, 6.45) is 3.34. The number of aliphatic hydroxyl groups excluding tert-OH is 1. The molecule has 2 rings (SSSR count). The summed E-state index contributed by atoms with van der Waals surface area (Å²) in [5.41, 5.74) is 1.13. The summed E-state index contributed by atoms with van der Waals surface area (Å²) in [5, 5.41) is 12.7. The van der Waals surface area contributed by atoms with Gasteiger partial charge in [0.25, 0.3) is 0 Å². The van der Waals surface area contributed by atoms with Crippen LogP contribution in [0.1, 0.15) is 37.8 Å². The first-order valence-electron chi connectivity index (χ1n) is 6.37. The summed E-state index contributed by atoms with van der Waals surface area (Å²) in [5.74, 6) is 0.443. The zero-order chi connectivity index (χ0) is 12.3. The van der Waals surface area contributed by atoms with Crippen molar-refractivity contribution in [1.29, 1.82) is 0 Å². The molecule has 2 unspecified atom stereocenters. The van der Waals surface area contributed by atoms with Gasteiger partial charge in [0, 0.05) is 12.1 Å². The van der Waals surface area contributed by atoms with Gasteiger partial charge in [-0.1, -0.05) is 19.1 Å². The van der Waals surface area contributed by atoms with Crippen molar-refractivity contribution in [1.82, 2.24) is 5.32 Å². The van der Waals surface area contributed by atoms with Crippen LogP contribution in [0.3, 0.4) is 0 Å². The van der Waals surface area contributed by atoms with E-state index in [1.165, 1.54) is 25.0 Å². The molecule has 0 spiro atoms. The molecule has 1 aliphatic rings. The molecule has 1 saturated carbocycles. The van der Waals surface area contributed by atoms with Crippen LogP contribution in [0.4, 0.5) is 4.39 Å². The molecule has 1 aliphatic carbocycles. The van der Waals surface area contributed by atoms with Gasteiger partial charge >= 0.3 is 0 Å². The SMILES string of the molecule is CCC(CO)NC(c1ccc(F)cc1)C1CC1. The van der Waals surface area contributed by atoms with E-state index in [0.29, 0.717) is 5.92 Å². The van der Waals surface area contributed by atoms with E-state index in [9.17, 15) is 9.50 Å². The van der Waals surface area contributed by atoms with E-state index in [0.717, 1.165) is 12.0 Å². The van der Waals surface area contributed by atoms with Gasteiger partial charge in [0.1, 0.15) is 5.82 Å². The van der Waals surface area contributed by atoms with Gasteiger partial charge in [-0.05, 0) is 42.9 Å². The van der Waals surface area contributed by atoms with Gasteiger partial charge in [-0.15, -0.1) is 0 Å². The van der Waals surface area contributed by atoms with Gasteiger partial charge in [0.2, 0.25) is 0 Å². The molecule has 0 aromatic heterocycles. The van der Waals surface area contributed by atoms with Crippen LogP contribution in [-0.2, 0) is 0 Å². The van der Waals surface area contributed by atoms with Gasteiger partial charge in [0.15, 0.2) is 0 Å². The smallest absolute Gasteiger partial charge is 0.123 e. The van der Waals surface area contributed by atoms with Crippen LogP contribution in [0.5, 0.6) is 0 Å². The Bertz CT molecular complexity index is 344. The molecular weight excluding hydrogens is 217 g/mol. The average molecular weight is 237 g/mol. The lowest BCUT2D eigenvalue weighted by Crippen LogP contribution is -2.36. The third-order valence-electron chi connectivity index (χ3n) is 3.45. The van der Waals surface area contributed by atoms with Crippen LogP contribution < -0.4 is 5.32 Å². The average Bonchev–Trinajstić information content (AvgIpc) is 3.17. The molecular formula is C14H20FNO. The second-order valence-electron chi connectivity index (χ2n) is 4.82. The molecule has 1 fully saturated rings. The van der Waals surface area contributed by atoms with Crippen LogP contribution >= 0.6 is 0 Å². The van der Waals surface area contributed by atoms with Crippen LogP contribution in [0, 0.1) is 11.7 Å². The van der Waals surface area contributed by atoms with Crippen LogP contribution in [-0.4, -0.2) is 17.8 Å². The summed E-state index contributed by atoms with van der Waals surface area (Å²) >= 11 is 0. The molecule has 2 atom stereocenters. The first kappa shape index (κ1) is 12.5. The van der Waals surface area contributed by atoms with E-state index in [-0.39, 0.29) is 24.5 Å². The first-order valence-corrected chi connectivity index (χ1v) is 6.37. The number of hydrogen-bond donors (Lipinski definition) is 2. The van der Waals surface area contributed by atoms with Crippen molar-refractivity contribution in [3.63, 3.8) is 0 Å². The number of halogens is 1. The predicted octanol–water partition coefficient (Wildman–Crippen LogP) is 2.64. The lowest BCUT2D eigenvalue weighted by Gasteiger charge is -2.24. The Labute approximate surface area is 102 Å². The molecule has 0 amide bonds. The molecule has 0 saturated heterocycles. The van der Waals surface area contributed by atoms with Crippen molar-refractivity contribution in [3.05, 3.63) is 35.6 Å². The molecule has 1 aromatic rings. The van der Waals surface area contributed by atoms with Crippen molar-refractivity contribution in [2.75, 3.05) is 6.61 Å². The van der Waals surface area contributed by atoms with Crippen molar-refractivity contribution >= 4 is 0 Å². The monoisotopic (exact) mass is 237 g/mol. The Morgan fingerprint density at radius 1 is 1.35 bits per heavy atom. The maximum atomic E-state index is 12.9. The summed E-state index contributed by atoms with van der Waals surface area (Å²) in [6.45, 7) is 2.21. The highest BCUT2D eigenvalue weighted by Gasteiger charge is 2.33. The van der Waals surface area contributed by atoms with Crippen molar-refractivity contribution in [3.8, 4) is 0 Å². The topological polar surface area (TPSA) is 32.3 Å². The van der Waals surface area contributed by atoms with Gasteiger partial charge in [-0.25, -0.2) is 4.39 Å². The maximum absolute atomic E-state index is 12.9. The Morgan fingerprint density at radius 2 is 2.00 bits per heavy atom. The van der Waals surface area contributed by atoms with Gasteiger partial charge in [0.05, 0.1) is 6.61 Å². The van der Waals surface area contributed by atoms with E-state index in [2.05, 4.69) is 12.2 Å². The number of hydrogen-bond acceptors (Lipinski definition) is 2.